The summed E-state index contributed by atoms with van der Waals surface area (Å²) in [7, 11) is 2.04. The molecule has 0 aliphatic rings. The molecular weight excluding hydrogens is 210 g/mol. The van der Waals surface area contributed by atoms with E-state index in [1.165, 1.54) is 11.3 Å². The summed E-state index contributed by atoms with van der Waals surface area (Å²) in [6, 6.07) is 12.1. The van der Waals surface area contributed by atoms with E-state index in [1.54, 1.807) is 6.20 Å². The maximum absolute atomic E-state index is 5.89. The van der Waals surface area contributed by atoms with Gasteiger partial charge in [0.05, 0.1) is 17.9 Å². The maximum Gasteiger partial charge on any atom is 0.0825 e. The summed E-state index contributed by atoms with van der Waals surface area (Å²) in [5, 5.41) is 0. The van der Waals surface area contributed by atoms with Crippen molar-refractivity contribution in [1.29, 1.82) is 0 Å². The van der Waals surface area contributed by atoms with Crippen molar-refractivity contribution in [3.05, 3.63) is 53.9 Å². The van der Waals surface area contributed by atoms with Crippen molar-refractivity contribution in [1.82, 2.24) is 4.98 Å². The Morgan fingerprint density at radius 2 is 2.06 bits per heavy atom. The molecule has 0 saturated heterocycles. The molecule has 0 spiro atoms. The Hall–Kier alpha value is -2.03. The van der Waals surface area contributed by atoms with Crippen LogP contribution in [0.5, 0.6) is 0 Å². The molecule has 0 radical (unpaired) electrons. The zero-order valence-electron chi connectivity index (χ0n) is 10.2. The fourth-order valence-electron chi connectivity index (χ4n) is 1.76. The van der Waals surface area contributed by atoms with Gasteiger partial charge in [-0.25, -0.2) is 0 Å². The molecule has 0 unspecified atom stereocenters. The Morgan fingerprint density at radius 3 is 2.76 bits per heavy atom. The fourth-order valence-corrected chi connectivity index (χ4v) is 1.76. The molecule has 1 aromatic heterocycles. The van der Waals surface area contributed by atoms with Gasteiger partial charge in [0.15, 0.2) is 0 Å². The van der Waals surface area contributed by atoms with Gasteiger partial charge in [-0.3, -0.25) is 4.98 Å². The molecule has 0 atom stereocenters. The Morgan fingerprint density at radius 1 is 1.24 bits per heavy atom. The van der Waals surface area contributed by atoms with Crippen LogP contribution >= 0.6 is 0 Å². The molecule has 0 aliphatic carbocycles. The number of nitrogens with two attached hydrogens (primary N) is 1. The smallest absolute Gasteiger partial charge is 0.0825 e. The summed E-state index contributed by atoms with van der Waals surface area (Å²) >= 11 is 0. The third kappa shape index (κ3) is 2.75. The second-order valence-corrected chi connectivity index (χ2v) is 4.23. The van der Waals surface area contributed by atoms with Crippen LogP contribution in [-0.4, -0.2) is 12.0 Å². The zero-order valence-corrected chi connectivity index (χ0v) is 10.2. The van der Waals surface area contributed by atoms with Gasteiger partial charge in [-0.15, -0.1) is 0 Å². The summed E-state index contributed by atoms with van der Waals surface area (Å²) in [4.78, 5) is 6.44. The molecule has 0 saturated carbocycles. The first kappa shape index (κ1) is 11.5. The van der Waals surface area contributed by atoms with Crippen LogP contribution in [0.4, 0.5) is 11.4 Å². The molecule has 0 bridgehead atoms. The summed E-state index contributed by atoms with van der Waals surface area (Å²) in [5.74, 6) is 0. The Labute approximate surface area is 102 Å². The van der Waals surface area contributed by atoms with E-state index in [0.717, 1.165) is 17.9 Å². The summed E-state index contributed by atoms with van der Waals surface area (Å²) in [6.07, 6.45) is 1.77. The highest BCUT2D eigenvalue weighted by molar-refractivity contribution is 5.50. The highest BCUT2D eigenvalue weighted by Gasteiger charge is 2.05. The van der Waals surface area contributed by atoms with Crippen molar-refractivity contribution in [2.24, 2.45) is 0 Å². The minimum Gasteiger partial charge on any atom is -0.397 e. The van der Waals surface area contributed by atoms with Crippen LogP contribution in [0.15, 0.2) is 42.6 Å². The molecule has 2 aromatic rings. The highest BCUT2D eigenvalue weighted by Crippen LogP contribution is 2.18. The van der Waals surface area contributed by atoms with E-state index in [9.17, 15) is 0 Å². The van der Waals surface area contributed by atoms with Crippen LogP contribution in [0.3, 0.4) is 0 Å². The monoisotopic (exact) mass is 227 g/mol. The number of hydrogen-bond acceptors (Lipinski definition) is 3. The second-order valence-electron chi connectivity index (χ2n) is 4.23. The number of nitrogens with zero attached hydrogens (tertiary/aromatic N) is 2. The molecule has 17 heavy (non-hydrogen) atoms. The van der Waals surface area contributed by atoms with Gasteiger partial charge in [-0.1, -0.05) is 12.1 Å². The number of benzene rings is 1. The molecule has 0 aliphatic heterocycles. The van der Waals surface area contributed by atoms with Gasteiger partial charge in [0.1, 0.15) is 0 Å². The molecule has 1 heterocycles. The highest BCUT2D eigenvalue weighted by atomic mass is 15.1. The van der Waals surface area contributed by atoms with Gasteiger partial charge >= 0.3 is 0 Å². The molecule has 3 heteroatoms. The van der Waals surface area contributed by atoms with Crippen molar-refractivity contribution in [3.8, 4) is 0 Å². The SMILES string of the molecule is Cc1cccc(N(C)Cc2ncccc2N)c1. The van der Waals surface area contributed by atoms with Crippen LogP contribution < -0.4 is 10.6 Å². The summed E-state index contributed by atoms with van der Waals surface area (Å²) in [5.41, 5.74) is 9.97. The van der Waals surface area contributed by atoms with Crippen molar-refractivity contribution in [2.75, 3.05) is 17.7 Å². The van der Waals surface area contributed by atoms with Gasteiger partial charge in [0, 0.05) is 18.9 Å². The van der Waals surface area contributed by atoms with Crippen molar-refractivity contribution < 1.29 is 0 Å². The Balaban J connectivity index is 2.17. The first-order chi connectivity index (χ1) is 8.16. The van der Waals surface area contributed by atoms with Crippen molar-refractivity contribution >= 4 is 11.4 Å². The fraction of sp³-hybridized carbons (Fsp3) is 0.214. The normalized spacial score (nSPS) is 10.2. The molecule has 0 amide bonds. The first-order valence-electron chi connectivity index (χ1n) is 5.64. The first-order valence-corrected chi connectivity index (χ1v) is 5.64. The predicted octanol–water partition coefficient (Wildman–Crippen LogP) is 2.61. The summed E-state index contributed by atoms with van der Waals surface area (Å²) in [6.45, 7) is 2.81. The average Bonchev–Trinajstić information content (AvgIpc) is 2.32. The standard InChI is InChI=1S/C14H17N3/c1-11-5-3-6-12(9-11)17(2)10-14-13(15)7-4-8-16-14/h3-9H,10,15H2,1-2H3. The van der Waals surface area contributed by atoms with Gasteiger partial charge in [0.25, 0.3) is 0 Å². The van der Waals surface area contributed by atoms with Crippen LogP contribution in [0.1, 0.15) is 11.3 Å². The summed E-state index contributed by atoms with van der Waals surface area (Å²) < 4.78 is 0. The number of hydrogen-bond donors (Lipinski definition) is 1. The minimum absolute atomic E-state index is 0.718. The molecular formula is C14H17N3. The van der Waals surface area contributed by atoms with Crippen LogP contribution in [0.25, 0.3) is 0 Å². The Kier molecular flexibility index (Phi) is 3.28. The van der Waals surface area contributed by atoms with Crippen molar-refractivity contribution in [3.63, 3.8) is 0 Å². The van der Waals surface area contributed by atoms with E-state index in [4.69, 9.17) is 5.73 Å². The largest absolute Gasteiger partial charge is 0.397 e. The number of nitrogen functional groups attached to an aromatic ring is 1. The Bertz CT molecular complexity index is 508. The maximum atomic E-state index is 5.89. The van der Waals surface area contributed by atoms with Gasteiger partial charge < -0.3 is 10.6 Å². The van der Waals surface area contributed by atoms with E-state index in [2.05, 4.69) is 41.1 Å². The lowest BCUT2D eigenvalue weighted by Crippen LogP contribution is -2.18. The second kappa shape index (κ2) is 4.87. The van der Waals surface area contributed by atoms with Crippen LogP contribution in [-0.2, 0) is 6.54 Å². The molecule has 1 aromatic carbocycles. The number of aryl methyl sites for hydroxylation is 1. The molecule has 2 rings (SSSR count). The number of pyridine rings is 1. The zero-order chi connectivity index (χ0) is 12.3. The molecule has 88 valence electrons. The van der Waals surface area contributed by atoms with E-state index in [-0.39, 0.29) is 0 Å². The van der Waals surface area contributed by atoms with Gasteiger partial charge in [0.2, 0.25) is 0 Å². The lowest BCUT2D eigenvalue weighted by molar-refractivity contribution is 0.887. The molecule has 2 N–H and O–H groups in total. The van der Waals surface area contributed by atoms with E-state index < -0.39 is 0 Å². The predicted molar refractivity (Wildman–Crippen MR) is 71.9 cm³/mol. The third-order valence-corrected chi connectivity index (χ3v) is 2.75. The minimum atomic E-state index is 0.718. The average molecular weight is 227 g/mol. The van der Waals surface area contributed by atoms with Crippen LogP contribution in [0, 0.1) is 6.92 Å². The lowest BCUT2D eigenvalue weighted by atomic mass is 10.2. The lowest BCUT2D eigenvalue weighted by Gasteiger charge is -2.20. The quantitative estimate of drug-likeness (QED) is 0.876. The number of rotatable bonds is 3. The topological polar surface area (TPSA) is 42.2 Å². The van der Waals surface area contributed by atoms with E-state index in [0.29, 0.717) is 0 Å². The van der Waals surface area contributed by atoms with Crippen molar-refractivity contribution in [2.45, 2.75) is 13.5 Å². The molecule has 0 fully saturated rings. The molecule has 3 nitrogen and oxygen atoms in total. The number of anilines is 2. The van der Waals surface area contributed by atoms with E-state index >= 15 is 0 Å². The van der Waals surface area contributed by atoms with Crippen LogP contribution in [0.2, 0.25) is 0 Å². The van der Waals surface area contributed by atoms with E-state index in [1.807, 2.05) is 19.2 Å². The number of aromatic nitrogens is 1. The van der Waals surface area contributed by atoms with Gasteiger partial charge in [-0.05, 0) is 36.8 Å². The third-order valence-electron chi connectivity index (χ3n) is 2.75. The van der Waals surface area contributed by atoms with Gasteiger partial charge in [-0.2, -0.15) is 0 Å².